The van der Waals surface area contributed by atoms with Crippen molar-refractivity contribution in [1.29, 1.82) is 0 Å². The van der Waals surface area contributed by atoms with Gasteiger partial charge >= 0.3 is 0 Å². The van der Waals surface area contributed by atoms with Gasteiger partial charge in [0.15, 0.2) is 5.78 Å². The van der Waals surface area contributed by atoms with Crippen LogP contribution in [0.2, 0.25) is 5.02 Å². The van der Waals surface area contributed by atoms with Gasteiger partial charge in [0.25, 0.3) is 0 Å². The average Bonchev–Trinajstić information content (AvgIpc) is 2.44. The number of ketones is 1. The van der Waals surface area contributed by atoms with E-state index in [9.17, 15) is 4.79 Å². The van der Waals surface area contributed by atoms with E-state index in [0.29, 0.717) is 10.6 Å². The van der Waals surface area contributed by atoms with Crippen LogP contribution in [0, 0.1) is 13.8 Å². The minimum absolute atomic E-state index is 0.104. The SMILES string of the molecule is CCC(C(=O)c1cc(C)c(C)cc1Cl)c1ccccc1. The Morgan fingerprint density at radius 2 is 1.70 bits per heavy atom. The third-order valence-corrected chi connectivity index (χ3v) is 4.09. The molecule has 0 amide bonds. The molecule has 0 aromatic heterocycles. The topological polar surface area (TPSA) is 17.1 Å². The van der Waals surface area contributed by atoms with E-state index in [0.717, 1.165) is 23.1 Å². The number of carbonyl (C=O) groups is 1. The third-order valence-electron chi connectivity index (χ3n) is 3.78. The van der Waals surface area contributed by atoms with Gasteiger partial charge in [-0.3, -0.25) is 4.79 Å². The summed E-state index contributed by atoms with van der Waals surface area (Å²) < 4.78 is 0. The van der Waals surface area contributed by atoms with E-state index < -0.39 is 0 Å². The molecular formula is C18H19ClO. The Balaban J connectivity index is 2.42. The summed E-state index contributed by atoms with van der Waals surface area (Å²) in [6.45, 7) is 6.04. The van der Waals surface area contributed by atoms with Gasteiger partial charge in [-0.1, -0.05) is 48.9 Å². The standard InChI is InChI=1S/C18H19ClO/c1-4-15(14-8-6-5-7-9-14)18(20)16-10-12(2)13(3)11-17(16)19/h5-11,15H,4H2,1-3H3. The summed E-state index contributed by atoms with van der Waals surface area (Å²) in [5.41, 5.74) is 3.89. The predicted octanol–water partition coefficient (Wildman–Crippen LogP) is 5.33. The number of carbonyl (C=O) groups excluding carboxylic acids is 1. The van der Waals surface area contributed by atoms with Crippen LogP contribution in [0.4, 0.5) is 0 Å². The van der Waals surface area contributed by atoms with E-state index in [1.54, 1.807) is 0 Å². The summed E-state index contributed by atoms with van der Waals surface area (Å²) in [5.74, 6) is -0.0254. The molecule has 2 heteroatoms. The highest BCUT2D eigenvalue weighted by Crippen LogP contribution is 2.29. The van der Waals surface area contributed by atoms with Gasteiger partial charge in [0.2, 0.25) is 0 Å². The maximum Gasteiger partial charge on any atom is 0.171 e. The number of hydrogen-bond donors (Lipinski definition) is 0. The molecule has 1 unspecified atom stereocenters. The van der Waals surface area contributed by atoms with Crippen LogP contribution in [-0.4, -0.2) is 5.78 Å². The molecule has 0 radical (unpaired) electrons. The summed E-state index contributed by atoms with van der Waals surface area (Å²) in [5, 5.41) is 0.549. The van der Waals surface area contributed by atoms with Crippen molar-refractivity contribution in [3.05, 3.63) is 69.7 Å². The van der Waals surface area contributed by atoms with Crippen LogP contribution in [0.15, 0.2) is 42.5 Å². The van der Waals surface area contributed by atoms with Crippen molar-refractivity contribution in [2.75, 3.05) is 0 Å². The van der Waals surface area contributed by atoms with Crippen molar-refractivity contribution in [1.82, 2.24) is 0 Å². The second-order valence-corrected chi connectivity index (χ2v) is 5.56. The number of aryl methyl sites for hydroxylation is 2. The van der Waals surface area contributed by atoms with Crippen LogP contribution in [0.25, 0.3) is 0 Å². The summed E-state index contributed by atoms with van der Waals surface area (Å²) in [7, 11) is 0. The molecule has 0 N–H and O–H groups in total. The Labute approximate surface area is 125 Å². The molecule has 0 aliphatic heterocycles. The molecule has 0 bridgehead atoms. The van der Waals surface area contributed by atoms with E-state index in [2.05, 4.69) is 0 Å². The van der Waals surface area contributed by atoms with Gasteiger partial charge in [-0.2, -0.15) is 0 Å². The Bertz CT molecular complexity index is 617. The minimum Gasteiger partial charge on any atom is -0.293 e. The molecule has 1 atom stereocenters. The van der Waals surface area contributed by atoms with Gasteiger partial charge in [0.1, 0.15) is 0 Å². The lowest BCUT2D eigenvalue weighted by molar-refractivity contribution is 0.0957. The normalized spacial score (nSPS) is 12.2. The first-order valence-corrected chi connectivity index (χ1v) is 7.28. The Hall–Kier alpha value is -1.60. The van der Waals surface area contributed by atoms with Crippen molar-refractivity contribution >= 4 is 17.4 Å². The fourth-order valence-corrected chi connectivity index (χ4v) is 2.73. The van der Waals surface area contributed by atoms with Crippen LogP contribution in [0.5, 0.6) is 0 Å². The number of halogens is 1. The van der Waals surface area contributed by atoms with E-state index >= 15 is 0 Å². The fraction of sp³-hybridized carbons (Fsp3) is 0.278. The number of hydrogen-bond acceptors (Lipinski definition) is 1. The van der Waals surface area contributed by atoms with Crippen LogP contribution < -0.4 is 0 Å². The van der Waals surface area contributed by atoms with Gasteiger partial charge in [0.05, 0.1) is 5.02 Å². The molecule has 2 rings (SSSR count). The van der Waals surface area contributed by atoms with Crippen molar-refractivity contribution in [2.45, 2.75) is 33.1 Å². The van der Waals surface area contributed by atoms with Crippen LogP contribution in [-0.2, 0) is 0 Å². The van der Waals surface area contributed by atoms with Crippen molar-refractivity contribution < 1.29 is 4.79 Å². The molecule has 0 aliphatic carbocycles. The highest BCUT2D eigenvalue weighted by Gasteiger charge is 2.22. The van der Waals surface area contributed by atoms with Crippen molar-refractivity contribution in [2.24, 2.45) is 0 Å². The molecule has 104 valence electrons. The summed E-state index contributed by atoms with van der Waals surface area (Å²) in [6.07, 6.45) is 0.770. The van der Waals surface area contributed by atoms with Crippen molar-refractivity contribution in [3.8, 4) is 0 Å². The zero-order chi connectivity index (χ0) is 14.7. The van der Waals surface area contributed by atoms with Gasteiger partial charge < -0.3 is 0 Å². The predicted molar refractivity (Wildman–Crippen MR) is 84.7 cm³/mol. The van der Waals surface area contributed by atoms with Crippen molar-refractivity contribution in [3.63, 3.8) is 0 Å². The quantitative estimate of drug-likeness (QED) is 0.694. The van der Waals surface area contributed by atoms with E-state index in [-0.39, 0.29) is 11.7 Å². The number of rotatable bonds is 4. The monoisotopic (exact) mass is 286 g/mol. The first kappa shape index (κ1) is 14.8. The molecule has 20 heavy (non-hydrogen) atoms. The zero-order valence-electron chi connectivity index (χ0n) is 12.1. The lowest BCUT2D eigenvalue weighted by Crippen LogP contribution is -2.13. The molecule has 2 aromatic carbocycles. The number of benzene rings is 2. The molecule has 2 aromatic rings. The van der Waals surface area contributed by atoms with E-state index in [4.69, 9.17) is 11.6 Å². The second kappa shape index (κ2) is 6.23. The molecule has 0 aliphatic rings. The smallest absolute Gasteiger partial charge is 0.171 e. The molecule has 1 nitrogen and oxygen atoms in total. The molecule has 0 fully saturated rings. The maximum absolute atomic E-state index is 12.8. The second-order valence-electron chi connectivity index (χ2n) is 5.15. The molecule has 0 heterocycles. The lowest BCUT2D eigenvalue weighted by atomic mass is 9.88. The molecule has 0 saturated heterocycles. The Morgan fingerprint density at radius 1 is 1.10 bits per heavy atom. The number of Topliss-reactive ketones (excluding diaryl/α,β-unsaturated/α-hetero) is 1. The largest absolute Gasteiger partial charge is 0.293 e. The fourth-order valence-electron chi connectivity index (χ4n) is 2.42. The van der Waals surface area contributed by atoms with E-state index in [1.807, 2.05) is 63.2 Å². The first-order chi connectivity index (χ1) is 9.54. The summed E-state index contributed by atoms with van der Waals surface area (Å²) in [4.78, 5) is 12.8. The Morgan fingerprint density at radius 3 is 2.30 bits per heavy atom. The highest BCUT2D eigenvalue weighted by atomic mass is 35.5. The van der Waals surface area contributed by atoms with Gasteiger partial charge in [-0.05, 0) is 49.1 Å². The maximum atomic E-state index is 12.8. The van der Waals surface area contributed by atoms with Gasteiger partial charge in [0, 0.05) is 11.5 Å². The van der Waals surface area contributed by atoms with E-state index in [1.165, 1.54) is 0 Å². The summed E-state index contributed by atoms with van der Waals surface area (Å²) in [6, 6.07) is 13.7. The molecule has 0 saturated carbocycles. The minimum atomic E-state index is -0.129. The lowest BCUT2D eigenvalue weighted by Gasteiger charge is -2.16. The van der Waals surface area contributed by atoms with Gasteiger partial charge in [-0.25, -0.2) is 0 Å². The third kappa shape index (κ3) is 2.94. The van der Waals surface area contributed by atoms with Crippen LogP contribution in [0.3, 0.4) is 0 Å². The molecule has 0 spiro atoms. The van der Waals surface area contributed by atoms with Crippen LogP contribution >= 0.6 is 11.6 Å². The van der Waals surface area contributed by atoms with Crippen LogP contribution in [0.1, 0.15) is 46.3 Å². The first-order valence-electron chi connectivity index (χ1n) is 6.90. The van der Waals surface area contributed by atoms with Gasteiger partial charge in [-0.15, -0.1) is 0 Å². The average molecular weight is 287 g/mol. The Kier molecular flexibility index (Phi) is 4.61. The summed E-state index contributed by atoms with van der Waals surface area (Å²) >= 11 is 6.26. The highest BCUT2D eigenvalue weighted by molar-refractivity contribution is 6.34. The molecular weight excluding hydrogens is 268 g/mol. The zero-order valence-corrected chi connectivity index (χ0v) is 12.9.